The lowest BCUT2D eigenvalue weighted by Crippen LogP contribution is -2.37. The maximum atomic E-state index is 5.64. The van der Waals surface area contributed by atoms with Gasteiger partial charge in [0.2, 0.25) is 0 Å². The van der Waals surface area contributed by atoms with Crippen molar-refractivity contribution in [1.29, 1.82) is 0 Å². The second-order valence-electron chi connectivity index (χ2n) is 5.26. The summed E-state index contributed by atoms with van der Waals surface area (Å²) in [5, 5.41) is 0. The first-order valence-electron chi connectivity index (χ1n) is 7.37. The molecule has 1 aromatic rings. The van der Waals surface area contributed by atoms with Crippen LogP contribution in [0.3, 0.4) is 0 Å². The molecule has 2 N–H and O–H groups in total. The van der Waals surface area contributed by atoms with Crippen LogP contribution in [0.25, 0.3) is 0 Å². The highest BCUT2D eigenvalue weighted by Gasteiger charge is 2.25. The SMILES string of the molecule is CCN(CC)C1CCN(Cc2ccnc(CN)c2)C1. The summed E-state index contributed by atoms with van der Waals surface area (Å²) in [6.07, 6.45) is 3.16. The van der Waals surface area contributed by atoms with Gasteiger partial charge < -0.3 is 5.73 Å². The largest absolute Gasteiger partial charge is 0.325 e. The molecule has 0 amide bonds. The van der Waals surface area contributed by atoms with E-state index >= 15 is 0 Å². The average Bonchev–Trinajstić information content (AvgIpc) is 2.89. The Balaban J connectivity index is 1.90. The topological polar surface area (TPSA) is 45.4 Å². The number of nitrogens with two attached hydrogens (primary N) is 1. The minimum absolute atomic E-state index is 0.524. The van der Waals surface area contributed by atoms with Gasteiger partial charge in [0.1, 0.15) is 0 Å². The van der Waals surface area contributed by atoms with Gasteiger partial charge in [-0.15, -0.1) is 0 Å². The lowest BCUT2D eigenvalue weighted by atomic mass is 10.2. The zero-order valence-corrected chi connectivity index (χ0v) is 12.2. The molecule has 1 aliphatic rings. The Kier molecular flexibility index (Phi) is 5.31. The van der Waals surface area contributed by atoms with Gasteiger partial charge in [0.15, 0.2) is 0 Å². The van der Waals surface area contributed by atoms with Crippen molar-refractivity contribution in [3.05, 3.63) is 29.6 Å². The Hall–Kier alpha value is -0.970. The van der Waals surface area contributed by atoms with E-state index in [1.54, 1.807) is 0 Å². The molecule has 0 aromatic carbocycles. The number of nitrogens with zero attached hydrogens (tertiary/aromatic N) is 3. The third-order valence-electron chi connectivity index (χ3n) is 4.07. The summed E-state index contributed by atoms with van der Waals surface area (Å²) in [6.45, 7) is 10.7. The number of rotatable bonds is 6. The molecule has 1 saturated heterocycles. The van der Waals surface area contributed by atoms with Crippen LogP contribution < -0.4 is 5.73 Å². The minimum atomic E-state index is 0.524. The molecule has 0 bridgehead atoms. The van der Waals surface area contributed by atoms with E-state index in [1.165, 1.54) is 25.1 Å². The van der Waals surface area contributed by atoms with Crippen molar-refractivity contribution in [3.8, 4) is 0 Å². The van der Waals surface area contributed by atoms with Gasteiger partial charge in [-0.25, -0.2) is 0 Å². The van der Waals surface area contributed by atoms with Gasteiger partial charge in [-0.05, 0) is 37.2 Å². The number of pyridine rings is 1. The summed E-state index contributed by atoms with van der Waals surface area (Å²) in [5.74, 6) is 0. The summed E-state index contributed by atoms with van der Waals surface area (Å²) in [5.41, 5.74) is 7.95. The van der Waals surface area contributed by atoms with Crippen LogP contribution in [0.15, 0.2) is 18.3 Å². The molecule has 1 unspecified atom stereocenters. The average molecular weight is 262 g/mol. The van der Waals surface area contributed by atoms with Crippen molar-refractivity contribution in [2.75, 3.05) is 26.2 Å². The van der Waals surface area contributed by atoms with Crippen molar-refractivity contribution in [3.63, 3.8) is 0 Å². The van der Waals surface area contributed by atoms with Crippen LogP contribution >= 0.6 is 0 Å². The van der Waals surface area contributed by atoms with E-state index in [1.807, 2.05) is 6.20 Å². The number of aromatic nitrogens is 1. The van der Waals surface area contributed by atoms with Crippen molar-refractivity contribution in [2.45, 2.75) is 39.4 Å². The Morgan fingerprint density at radius 2 is 2.21 bits per heavy atom. The van der Waals surface area contributed by atoms with E-state index in [0.717, 1.165) is 31.4 Å². The Bertz CT molecular complexity index is 389. The first kappa shape index (κ1) is 14.4. The van der Waals surface area contributed by atoms with Crippen LogP contribution in [0.4, 0.5) is 0 Å². The zero-order chi connectivity index (χ0) is 13.7. The lowest BCUT2D eigenvalue weighted by Gasteiger charge is -2.26. The molecule has 2 heterocycles. The van der Waals surface area contributed by atoms with Crippen LogP contribution in [0.1, 0.15) is 31.5 Å². The monoisotopic (exact) mass is 262 g/mol. The van der Waals surface area contributed by atoms with Gasteiger partial charge in [0, 0.05) is 38.4 Å². The van der Waals surface area contributed by atoms with Crippen LogP contribution in [0, 0.1) is 0 Å². The fourth-order valence-corrected chi connectivity index (χ4v) is 2.99. The van der Waals surface area contributed by atoms with Crippen LogP contribution in [0.5, 0.6) is 0 Å². The molecule has 4 heteroatoms. The number of likely N-dealkylation sites (N-methyl/N-ethyl adjacent to an activating group) is 1. The number of likely N-dealkylation sites (tertiary alicyclic amines) is 1. The third-order valence-corrected chi connectivity index (χ3v) is 4.07. The van der Waals surface area contributed by atoms with Crippen molar-refractivity contribution < 1.29 is 0 Å². The fraction of sp³-hybridized carbons (Fsp3) is 0.667. The van der Waals surface area contributed by atoms with Crippen LogP contribution in [-0.2, 0) is 13.1 Å². The van der Waals surface area contributed by atoms with Gasteiger partial charge in [0.05, 0.1) is 5.69 Å². The quantitative estimate of drug-likeness (QED) is 0.843. The van der Waals surface area contributed by atoms with Gasteiger partial charge in [-0.2, -0.15) is 0 Å². The maximum Gasteiger partial charge on any atom is 0.0542 e. The van der Waals surface area contributed by atoms with Gasteiger partial charge >= 0.3 is 0 Å². The first-order chi connectivity index (χ1) is 9.26. The summed E-state index contributed by atoms with van der Waals surface area (Å²) in [4.78, 5) is 9.36. The minimum Gasteiger partial charge on any atom is -0.325 e. The van der Waals surface area contributed by atoms with Gasteiger partial charge in [0.25, 0.3) is 0 Å². The normalized spacial score (nSPS) is 20.3. The highest BCUT2D eigenvalue weighted by atomic mass is 15.2. The molecule has 1 fully saturated rings. The maximum absolute atomic E-state index is 5.64. The second kappa shape index (κ2) is 6.98. The fourth-order valence-electron chi connectivity index (χ4n) is 2.99. The van der Waals surface area contributed by atoms with Crippen molar-refractivity contribution in [1.82, 2.24) is 14.8 Å². The Morgan fingerprint density at radius 3 is 2.89 bits per heavy atom. The molecule has 0 aliphatic carbocycles. The Labute approximate surface area is 116 Å². The molecular weight excluding hydrogens is 236 g/mol. The standard InChI is InChI=1S/C15H26N4/c1-3-19(4-2)15-6-8-18(12-15)11-13-5-7-17-14(9-13)10-16/h5,7,9,15H,3-4,6,8,10-12,16H2,1-2H3. The Morgan fingerprint density at radius 1 is 1.42 bits per heavy atom. The molecule has 0 spiro atoms. The van der Waals surface area contributed by atoms with Crippen LogP contribution in [-0.4, -0.2) is 47.0 Å². The van der Waals surface area contributed by atoms with E-state index in [4.69, 9.17) is 5.73 Å². The summed E-state index contributed by atoms with van der Waals surface area (Å²) < 4.78 is 0. The molecule has 106 valence electrons. The van der Waals surface area contributed by atoms with E-state index in [-0.39, 0.29) is 0 Å². The second-order valence-corrected chi connectivity index (χ2v) is 5.26. The van der Waals surface area contributed by atoms with E-state index in [0.29, 0.717) is 6.54 Å². The van der Waals surface area contributed by atoms with E-state index in [2.05, 4.69) is 40.8 Å². The molecule has 4 nitrogen and oxygen atoms in total. The highest BCUT2D eigenvalue weighted by Crippen LogP contribution is 2.18. The zero-order valence-electron chi connectivity index (χ0n) is 12.2. The first-order valence-corrected chi connectivity index (χ1v) is 7.37. The van der Waals surface area contributed by atoms with Crippen molar-refractivity contribution in [2.24, 2.45) is 5.73 Å². The number of hydrogen-bond acceptors (Lipinski definition) is 4. The third kappa shape index (κ3) is 3.75. The molecule has 1 atom stereocenters. The lowest BCUT2D eigenvalue weighted by molar-refractivity contribution is 0.209. The predicted molar refractivity (Wildman–Crippen MR) is 78.7 cm³/mol. The van der Waals surface area contributed by atoms with E-state index < -0.39 is 0 Å². The molecule has 1 aliphatic heterocycles. The van der Waals surface area contributed by atoms with Crippen molar-refractivity contribution >= 4 is 0 Å². The van der Waals surface area contributed by atoms with Gasteiger partial charge in [-0.3, -0.25) is 14.8 Å². The predicted octanol–water partition coefficient (Wildman–Crippen LogP) is 1.46. The number of hydrogen-bond donors (Lipinski definition) is 1. The smallest absolute Gasteiger partial charge is 0.0542 e. The van der Waals surface area contributed by atoms with E-state index in [9.17, 15) is 0 Å². The summed E-state index contributed by atoms with van der Waals surface area (Å²) in [6, 6.07) is 4.96. The molecule has 19 heavy (non-hydrogen) atoms. The molecular formula is C15H26N4. The van der Waals surface area contributed by atoms with Gasteiger partial charge in [-0.1, -0.05) is 13.8 Å². The molecule has 0 saturated carbocycles. The highest BCUT2D eigenvalue weighted by molar-refractivity contribution is 5.16. The van der Waals surface area contributed by atoms with Crippen LogP contribution in [0.2, 0.25) is 0 Å². The molecule has 0 radical (unpaired) electrons. The summed E-state index contributed by atoms with van der Waals surface area (Å²) in [7, 11) is 0. The molecule has 1 aromatic heterocycles. The summed E-state index contributed by atoms with van der Waals surface area (Å²) >= 11 is 0. The molecule has 2 rings (SSSR count).